The van der Waals surface area contributed by atoms with Crippen LogP contribution in [0.1, 0.15) is 11.7 Å². The monoisotopic (exact) mass is 315 g/mol. The standard InChI is InChI=1S/C17H14FNO4/c1-22-11-5-3-10(4-6-11)19-14-15(20)12-8-9(18)2-7-13(12)23-16(14)17(19)21/h2-8,14-16,20H,1H3/t14-,15-,16+/m1/s1. The van der Waals surface area contributed by atoms with Crippen LogP contribution in [0.4, 0.5) is 10.1 Å². The minimum absolute atomic E-state index is 0.228. The second-order valence-corrected chi connectivity index (χ2v) is 5.56. The molecule has 118 valence electrons. The van der Waals surface area contributed by atoms with E-state index in [0.29, 0.717) is 22.7 Å². The highest BCUT2D eigenvalue weighted by Crippen LogP contribution is 2.44. The zero-order valence-electron chi connectivity index (χ0n) is 12.3. The average Bonchev–Trinajstić information content (AvgIpc) is 2.57. The van der Waals surface area contributed by atoms with Crippen molar-refractivity contribution in [2.24, 2.45) is 0 Å². The van der Waals surface area contributed by atoms with Gasteiger partial charge >= 0.3 is 0 Å². The number of nitrogens with zero attached hydrogens (tertiary/aromatic N) is 1. The van der Waals surface area contributed by atoms with Gasteiger partial charge in [0.05, 0.1) is 7.11 Å². The van der Waals surface area contributed by atoms with Crippen molar-refractivity contribution >= 4 is 11.6 Å². The topological polar surface area (TPSA) is 59.0 Å². The molecule has 2 aliphatic heterocycles. The van der Waals surface area contributed by atoms with Gasteiger partial charge < -0.3 is 14.6 Å². The number of carbonyl (C=O) groups excluding carboxylic acids is 1. The summed E-state index contributed by atoms with van der Waals surface area (Å²) in [6.45, 7) is 0. The number of benzene rings is 2. The number of carbonyl (C=O) groups is 1. The number of halogens is 1. The van der Waals surface area contributed by atoms with Crippen LogP contribution >= 0.6 is 0 Å². The predicted octanol–water partition coefficient (Wildman–Crippen LogP) is 2.04. The second-order valence-electron chi connectivity index (χ2n) is 5.56. The third kappa shape index (κ3) is 1.98. The van der Waals surface area contributed by atoms with Gasteiger partial charge in [0.1, 0.15) is 29.5 Å². The lowest BCUT2D eigenvalue weighted by atomic mass is 9.85. The molecule has 0 unspecified atom stereocenters. The van der Waals surface area contributed by atoms with Crippen molar-refractivity contribution in [3.05, 3.63) is 53.8 Å². The van der Waals surface area contributed by atoms with Crippen molar-refractivity contribution in [1.82, 2.24) is 0 Å². The van der Waals surface area contributed by atoms with Crippen LogP contribution in [0.15, 0.2) is 42.5 Å². The summed E-state index contributed by atoms with van der Waals surface area (Å²) in [5, 5.41) is 10.6. The summed E-state index contributed by atoms with van der Waals surface area (Å²) in [4.78, 5) is 13.8. The number of aliphatic hydroxyl groups is 1. The molecule has 0 aromatic heterocycles. The summed E-state index contributed by atoms with van der Waals surface area (Å²) < 4.78 is 24.1. The van der Waals surface area contributed by atoms with E-state index in [1.165, 1.54) is 23.1 Å². The van der Waals surface area contributed by atoms with Crippen LogP contribution in [0.2, 0.25) is 0 Å². The van der Waals surface area contributed by atoms with Crippen LogP contribution in [-0.2, 0) is 4.79 Å². The number of ether oxygens (including phenoxy) is 2. The fourth-order valence-corrected chi connectivity index (χ4v) is 3.13. The second kappa shape index (κ2) is 4.96. The Balaban J connectivity index is 1.69. The fraction of sp³-hybridized carbons (Fsp3) is 0.235. The molecule has 0 radical (unpaired) electrons. The van der Waals surface area contributed by atoms with Gasteiger partial charge in [0.15, 0.2) is 0 Å². The summed E-state index contributed by atoms with van der Waals surface area (Å²) in [7, 11) is 1.56. The number of fused-ring (bicyclic) bond motifs is 2. The Kier molecular flexibility index (Phi) is 3.02. The summed E-state index contributed by atoms with van der Waals surface area (Å²) in [5.74, 6) is 0.342. The zero-order chi connectivity index (χ0) is 16.1. The molecule has 0 saturated carbocycles. The van der Waals surface area contributed by atoms with E-state index in [1.54, 1.807) is 31.4 Å². The third-order valence-corrected chi connectivity index (χ3v) is 4.31. The van der Waals surface area contributed by atoms with Gasteiger partial charge in [-0.1, -0.05) is 0 Å². The van der Waals surface area contributed by atoms with E-state index in [-0.39, 0.29) is 5.91 Å². The smallest absolute Gasteiger partial charge is 0.270 e. The molecule has 1 N–H and O–H groups in total. The number of rotatable bonds is 2. The van der Waals surface area contributed by atoms with Crippen LogP contribution in [-0.4, -0.2) is 30.3 Å². The predicted molar refractivity (Wildman–Crippen MR) is 80.0 cm³/mol. The highest BCUT2D eigenvalue weighted by atomic mass is 19.1. The van der Waals surface area contributed by atoms with Crippen LogP contribution in [0, 0.1) is 5.82 Å². The van der Waals surface area contributed by atoms with Gasteiger partial charge in [-0.2, -0.15) is 0 Å². The van der Waals surface area contributed by atoms with Crippen LogP contribution < -0.4 is 14.4 Å². The largest absolute Gasteiger partial charge is 0.497 e. The van der Waals surface area contributed by atoms with Gasteiger partial charge in [0.2, 0.25) is 6.10 Å². The fourth-order valence-electron chi connectivity index (χ4n) is 3.13. The summed E-state index contributed by atoms with van der Waals surface area (Å²) in [6, 6.07) is 10.3. The molecule has 0 aliphatic carbocycles. The SMILES string of the molecule is COc1ccc(N2C(=O)[C@H]3Oc4ccc(F)cc4[C@@H](O)[C@H]32)cc1. The lowest BCUT2D eigenvalue weighted by Crippen LogP contribution is -2.70. The van der Waals surface area contributed by atoms with E-state index in [4.69, 9.17) is 9.47 Å². The first-order valence-corrected chi connectivity index (χ1v) is 7.21. The van der Waals surface area contributed by atoms with Gasteiger partial charge in [-0.15, -0.1) is 0 Å². The van der Waals surface area contributed by atoms with Crippen molar-refractivity contribution < 1.29 is 23.8 Å². The van der Waals surface area contributed by atoms with E-state index < -0.39 is 24.1 Å². The number of aliphatic hydroxyl groups excluding tert-OH is 1. The van der Waals surface area contributed by atoms with Crippen LogP contribution in [0.25, 0.3) is 0 Å². The Bertz CT molecular complexity index is 777. The maximum Gasteiger partial charge on any atom is 0.270 e. The normalized spacial score (nSPS) is 25.1. The lowest BCUT2D eigenvalue weighted by Gasteiger charge is -2.51. The molecule has 2 aromatic rings. The molecule has 2 aromatic carbocycles. The Morgan fingerprint density at radius 1 is 1.22 bits per heavy atom. The number of methoxy groups -OCH3 is 1. The molecule has 6 heteroatoms. The van der Waals surface area contributed by atoms with Crippen LogP contribution in [0.5, 0.6) is 11.5 Å². The van der Waals surface area contributed by atoms with E-state index in [9.17, 15) is 14.3 Å². The molecule has 1 fully saturated rings. The molecule has 2 heterocycles. The van der Waals surface area contributed by atoms with E-state index >= 15 is 0 Å². The minimum atomic E-state index is -1.00. The Morgan fingerprint density at radius 3 is 2.65 bits per heavy atom. The third-order valence-electron chi connectivity index (χ3n) is 4.31. The Morgan fingerprint density at radius 2 is 1.96 bits per heavy atom. The number of hydrogen-bond acceptors (Lipinski definition) is 4. The Hall–Kier alpha value is -2.60. The van der Waals surface area contributed by atoms with Crippen molar-refractivity contribution in [2.45, 2.75) is 18.2 Å². The average molecular weight is 315 g/mol. The maximum atomic E-state index is 13.4. The Labute approximate surface area is 131 Å². The molecule has 0 bridgehead atoms. The van der Waals surface area contributed by atoms with Gasteiger partial charge in [0, 0.05) is 11.3 Å². The van der Waals surface area contributed by atoms with E-state index in [0.717, 1.165) is 0 Å². The molecule has 5 nitrogen and oxygen atoms in total. The van der Waals surface area contributed by atoms with Crippen molar-refractivity contribution in [2.75, 3.05) is 12.0 Å². The summed E-state index contributed by atoms with van der Waals surface area (Å²) in [5.41, 5.74) is 0.997. The van der Waals surface area contributed by atoms with E-state index in [2.05, 4.69) is 0 Å². The van der Waals surface area contributed by atoms with Gasteiger partial charge in [-0.3, -0.25) is 9.69 Å². The van der Waals surface area contributed by atoms with Gasteiger partial charge in [-0.05, 0) is 42.5 Å². The number of β-lactam (4-membered cyclic amide) rings is 1. The maximum absolute atomic E-state index is 13.4. The molecule has 1 saturated heterocycles. The first-order chi connectivity index (χ1) is 11.1. The highest BCUT2D eigenvalue weighted by molar-refractivity contribution is 6.05. The molecular weight excluding hydrogens is 301 g/mol. The summed E-state index contributed by atoms with van der Waals surface area (Å²) >= 11 is 0. The lowest BCUT2D eigenvalue weighted by molar-refractivity contribution is -0.141. The molecular formula is C17H14FNO4. The molecule has 2 aliphatic rings. The zero-order valence-corrected chi connectivity index (χ0v) is 12.3. The van der Waals surface area contributed by atoms with Crippen molar-refractivity contribution in [3.63, 3.8) is 0 Å². The van der Waals surface area contributed by atoms with Gasteiger partial charge in [0.25, 0.3) is 5.91 Å². The quantitative estimate of drug-likeness (QED) is 0.862. The molecule has 23 heavy (non-hydrogen) atoms. The number of anilines is 1. The number of hydrogen-bond donors (Lipinski definition) is 1. The summed E-state index contributed by atoms with van der Waals surface area (Å²) in [6.07, 6.45) is -1.75. The molecule has 3 atom stereocenters. The van der Waals surface area contributed by atoms with E-state index in [1.807, 2.05) is 0 Å². The van der Waals surface area contributed by atoms with Gasteiger partial charge in [-0.25, -0.2) is 4.39 Å². The first kappa shape index (κ1) is 14.0. The molecule has 4 rings (SSSR count). The number of amides is 1. The minimum Gasteiger partial charge on any atom is -0.497 e. The van der Waals surface area contributed by atoms with Crippen molar-refractivity contribution in [1.29, 1.82) is 0 Å². The van der Waals surface area contributed by atoms with Crippen LogP contribution in [0.3, 0.4) is 0 Å². The molecule has 0 spiro atoms. The molecule has 1 amide bonds. The highest BCUT2D eigenvalue weighted by Gasteiger charge is 2.56. The first-order valence-electron chi connectivity index (χ1n) is 7.21. The van der Waals surface area contributed by atoms with Crippen molar-refractivity contribution in [3.8, 4) is 11.5 Å².